The molecule has 0 aliphatic rings. The van der Waals surface area contributed by atoms with Gasteiger partial charge in [-0.25, -0.2) is 0 Å². The Balaban J connectivity index is 2.32. The van der Waals surface area contributed by atoms with Gasteiger partial charge in [0.05, 0.1) is 7.11 Å². The summed E-state index contributed by atoms with van der Waals surface area (Å²) in [6.45, 7) is 5.39. The van der Waals surface area contributed by atoms with Crippen LogP contribution in [0.1, 0.15) is 6.92 Å². The molecule has 0 fully saturated rings. The van der Waals surface area contributed by atoms with Crippen molar-refractivity contribution in [3.63, 3.8) is 0 Å². The van der Waals surface area contributed by atoms with Gasteiger partial charge in [0.25, 0.3) is 0 Å². The van der Waals surface area contributed by atoms with Crippen LogP contribution < -0.4 is 15.2 Å². The monoisotopic (exact) mass is 252 g/mol. The van der Waals surface area contributed by atoms with Gasteiger partial charge in [0.2, 0.25) is 0 Å². The Morgan fingerprint density at radius 3 is 2.56 bits per heavy atom. The molecular weight excluding hydrogens is 228 g/mol. The molecule has 1 aromatic rings. The first-order valence-electron chi connectivity index (χ1n) is 6.31. The molecule has 1 atom stereocenters. The zero-order valence-electron chi connectivity index (χ0n) is 11.6. The van der Waals surface area contributed by atoms with Crippen LogP contribution >= 0.6 is 0 Å². The number of hydrogen-bond acceptors (Lipinski definition) is 4. The van der Waals surface area contributed by atoms with Crippen LogP contribution in [-0.4, -0.2) is 45.3 Å². The molecule has 0 aliphatic heterocycles. The third kappa shape index (κ3) is 4.94. The van der Waals surface area contributed by atoms with Gasteiger partial charge in [-0.2, -0.15) is 0 Å². The van der Waals surface area contributed by atoms with E-state index in [0.717, 1.165) is 31.1 Å². The lowest BCUT2D eigenvalue weighted by Gasteiger charge is -2.20. The number of benzene rings is 1. The Morgan fingerprint density at radius 2 is 1.94 bits per heavy atom. The summed E-state index contributed by atoms with van der Waals surface area (Å²) < 4.78 is 10.9. The van der Waals surface area contributed by atoms with E-state index in [1.54, 1.807) is 7.11 Å². The molecule has 4 nitrogen and oxygen atoms in total. The standard InChI is InChI=1S/C14H24N2O2/c1-12(10-15)11-16(2)8-9-18-14-7-5-4-6-13(14)17-3/h4-7,12H,8-11,15H2,1-3H3. The van der Waals surface area contributed by atoms with Gasteiger partial charge in [0, 0.05) is 13.1 Å². The van der Waals surface area contributed by atoms with E-state index in [2.05, 4.69) is 18.9 Å². The number of hydrogen-bond donors (Lipinski definition) is 1. The Bertz CT molecular complexity index is 344. The quantitative estimate of drug-likeness (QED) is 0.763. The zero-order valence-corrected chi connectivity index (χ0v) is 11.6. The molecule has 0 spiro atoms. The van der Waals surface area contributed by atoms with Gasteiger partial charge in [0.15, 0.2) is 11.5 Å². The minimum absolute atomic E-state index is 0.515. The number of methoxy groups -OCH3 is 1. The lowest BCUT2D eigenvalue weighted by Crippen LogP contribution is -2.31. The topological polar surface area (TPSA) is 47.7 Å². The van der Waals surface area contributed by atoms with Crippen LogP contribution in [0.3, 0.4) is 0 Å². The maximum Gasteiger partial charge on any atom is 0.161 e. The first-order chi connectivity index (χ1) is 8.67. The second kappa shape index (κ2) is 7.95. The smallest absolute Gasteiger partial charge is 0.161 e. The summed E-state index contributed by atoms with van der Waals surface area (Å²) in [5, 5.41) is 0. The highest BCUT2D eigenvalue weighted by atomic mass is 16.5. The van der Waals surface area contributed by atoms with Crippen molar-refractivity contribution in [1.82, 2.24) is 4.90 Å². The van der Waals surface area contributed by atoms with Crippen LogP contribution in [0.2, 0.25) is 0 Å². The van der Waals surface area contributed by atoms with Gasteiger partial charge >= 0.3 is 0 Å². The van der Waals surface area contributed by atoms with Crippen LogP contribution in [0.5, 0.6) is 11.5 Å². The third-order valence-corrected chi connectivity index (χ3v) is 2.83. The molecule has 0 amide bonds. The number of nitrogens with two attached hydrogens (primary N) is 1. The predicted octanol–water partition coefficient (Wildman–Crippen LogP) is 1.60. The second-order valence-electron chi connectivity index (χ2n) is 4.60. The van der Waals surface area contributed by atoms with Crippen molar-refractivity contribution >= 4 is 0 Å². The van der Waals surface area contributed by atoms with Crippen LogP contribution in [0, 0.1) is 5.92 Å². The zero-order chi connectivity index (χ0) is 13.4. The third-order valence-electron chi connectivity index (χ3n) is 2.83. The van der Waals surface area contributed by atoms with E-state index in [4.69, 9.17) is 15.2 Å². The fourth-order valence-electron chi connectivity index (χ4n) is 1.75. The fraction of sp³-hybridized carbons (Fsp3) is 0.571. The first kappa shape index (κ1) is 14.8. The number of likely N-dealkylation sites (N-methyl/N-ethyl adjacent to an activating group) is 1. The van der Waals surface area contributed by atoms with E-state index < -0.39 is 0 Å². The molecule has 4 heteroatoms. The molecule has 0 heterocycles. The van der Waals surface area contributed by atoms with Gasteiger partial charge < -0.3 is 20.1 Å². The van der Waals surface area contributed by atoms with Crippen LogP contribution in [-0.2, 0) is 0 Å². The molecule has 18 heavy (non-hydrogen) atoms. The van der Waals surface area contributed by atoms with Crippen molar-refractivity contribution in [1.29, 1.82) is 0 Å². The SMILES string of the molecule is COc1ccccc1OCCN(C)CC(C)CN. The number of nitrogens with zero attached hydrogens (tertiary/aromatic N) is 1. The molecule has 0 aromatic heterocycles. The van der Waals surface area contributed by atoms with Gasteiger partial charge in [-0.05, 0) is 31.6 Å². The number of rotatable bonds is 8. The second-order valence-corrected chi connectivity index (χ2v) is 4.60. The van der Waals surface area contributed by atoms with Crippen LogP contribution in [0.15, 0.2) is 24.3 Å². The highest BCUT2D eigenvalue weighted by Gasteiger charge is 2.06. The predicted molar refractivity (Wildman–Crippen MR) is 74.2 cm³/mol. The molecule has 1 unspecified atom stereocenters. The Hall–Kier alpha value is -1.26. The van der Waals surface area contributed by atoms with Crippen molar-refractivity contribution in [2.75, 3.05) is 40.4 Å². The van der Waals surface area contributed by atoms with E-state index in [1.165, 1.54) is 0 Å². The van der Waals surface area contributed by atoms with Crippen molar-refractivity contribution < 1.29 is 9.47 Å². The summed E-state index contributed by atoms with van der Waals surface area (Å²) in [5.74, 6) is 2.08. The minimum Gasteiger partial charge on any atom is -0.493 e. The highest BCUT2D eigenvalue weighted by molar-refractivity contribution is 5.39. The average molecular weight is 252 g/mol. The maximum absolute atomic E-state index is 5.72. The van der Waals surface area contributed by atoms with Gasteiger partial charge in [-0.15, -0.1) is 0 Å². The van der Waals surface area contributed by atoms with Gasteiger partial charge in [0.1, 0.15) is 6.61 Å². The summed E-state index contributed by atoms with van der Waals surface area (Å²) >= 11 is 0. The highest BCUT2D eigenvalue weighted by Crippen LogP contribution is 2.25. The van der Waals surface area contributed by atoms with E-state index in [0.29, 0.717) is 12.5 Å². The Kier molecular flexibility index (Phi) is 6.54. The molecule has 0 saturated carbocycles. The van der Waals surface area contributed by atoms with Crippen LogP contribution in [0.25, 0.3) is 0 Å². The molecule has 0 radical (unpaired) electrons. The average Bonchev–Trinajstić information content (AvgIpc) is 2.39. The van der Waals surface area contributed by atoms with E-state index in [1.807, 2.05) is 24.3 Å². The Morgan fingerprint density at radius 1 is 1.28 bits per heavy atom. The summed E-state index contributed by atoms with van der Waals surface area (Å²) in [6.07, 6.45) is 0. The molecule has 0 saturated heterocycles. The van der Waals surface area contributed by atoms with E-state index >= 15 is 0 Å². The summed E-state index contributed by atoms with van der Waals surface area (Å²) in [6, 6.07) is 7.69. The fourth-order valence-corrected chi connectivity index (χ4v) is 1.75. The van der Waals surface area contributed by atoms with E-state index in [9.17, 15) is 0 Å². The van der Waals surface area contributed by atoms with Crippen molar-refractivity contribution in [2.45, 2.75) is 6.92 Å². The molecule has 1 rings (SSSR count). The first-order valence-corrected chi connectivity index (χ1v) is 6.31. The Labute approximate surface area is 110 Å². The minimum atomic E-state index is 0.515. The molecule has 2 N–H and O–H groups in total. The molecule has 0 aliphatic carbocycles. The van der Waals surface area contributed by atoms with Gasteiger partial charge in [-0.3, -0.25) is 0 Å². The summed E-state index contributed by atoms with van der Waals surface area (Å²) in [4.78, 5) is 2.23. The van der Waals surface area contributed by atoms with Crippen molar-refractivity contribution in [3.8, 4) is 11.5 Å². The molecular formula is C14H24N2O2. The lowest BCUT2D eigenvalue weighted by atomic mass is 10.2. The van der Waals surface area contributed by atoms with Crippen molar-refractivity contribution in [2.24, 2.45) is 11.7 Å². The number of ether oxygens (including phenoxy) is 2. The molecule has 1 aromatic carbocycles. The van der Waals surface area contributed by atoms with Crippen molar-refractivity contribution in [3.05, 3.63) is 24.3 Å². The van der Waals surface area contributed by atoms with Crippen LogP contribution in [0.4, 0.5) is 0 Å². The largest absolute Gasteiger partial charge is 0.493 e. The lowest BCUT2D eigenvalue weighted by molar-refractivity contribution is 0.215. The molecule has 0 bridgehead atoms. The molecule has 102 valence electrons. The number of para-hydroxylation sites is 2. The summed E-state index contributed by atoms with van der Waals surface area (Å²) in [5.41, 5.74) is 5.60. The normalized spacial score (nSPS) is 12.5. The van der Waals surface area contributed by atoms with Gasteiger partial charge in [-0.1, -0.05) is 19.1 Å². The maximum atomic E-state index is 5.72. The van der Waals surface area contributed by atoms with E-state index in [-0.39, 0.29) is 0 Å². The summed E-state index contributed by atoms with van der Waals surface area (Å²) in [7, 11) is 3.73.